The smallest absolute Gasteiger partial charge is 0.416 e. The Morgan fingerprint density at radius 1 is 0.913 bits per heavy atom. The number of halogens is 1. The lowest BCUT2D eigenvalue weighted by Gasteiger charge is -2.37. The number of methoxy groups -OCH3 is 1. The van der Waals surface area contributed by atoms with Gasteiger partial charge in [-0.2, -0.15) is 0 Å². The van der Waals surface area contributed by atoms with Crippen LogP contribution in [0.4, 0.5) is 18.8 Å². The third kappa shape index (κ3) is 12.7. The zero-order chi connectivity index (χ0) is 35.4. The van der Waals surface area contributed by atoms with Gasteiger partial charge in [-0.25, -0.2) is 28.6 Å². The maximum atomic E-state index is 15.2. The topological polar surface area (TPSA) is 267 Å². The number of carboxylic acid groups (broad SMARTS) is 1. The van der Waals surface area contributed by atoms with E-state index in [1.165, 1.54) is 41.5 Å². The molecular weight excluding hydrogens is 627 g/mol. The molecule has 0 aromatic carbocycles. The van der Waals surface area contributed by atoms with Crippen LogP contribution in [0, 0.1) is 10.8 Å². The van der Waals surface area contributed by atoms with Crippen LogP contribution in [-0.4, -0.2) is 115 Å². The number of carboxylic acids is 1. The summed E-state index contributed by atoms with van der Waals surface area (Å²) in [7, 11) is 0.944. The van der Waals surface area contributed by atoms with E-state index in [9.17, 15) is 44.1 Å². The van der Waals surface area contributed by atoms with Crippen molar-refractivity contribution in [3.8, 4) is 0 Å². The van der Waals surface area contributed by atoms with Gasteiger partial charge in [0, 0.05) is 0 Å². The van der Waals surface area contributed by atoms with Crippen LogP contribution in [0.15, 0.2) is 16.8 Å². The molecule has 0 aromatic heterocycles. The molecule has 20 heteroatoms. The van der Waals surface area contributed by atoms with Crippen LogP contribution in [0.5, 0.6) is 0 Å². The number of alkyl carbamates (subject to hydrolysis) is 3. The van der Waals surface area contributed by atoms with Gasteiger partial charge >= 0.3 is 36.2 Å². The quantitative estimate of drug-likeness (QED) is 0.0591. The summed E-state index contributed by atoms with van der Waals surface area (Å²) in [6.07, 6.45) is -9.88. The number of ether oxygens (including phenoxy) is 6. The van der Waals surface area contributed by atoms with E-state index in [0.717, 1.165) is 13.2 Å². The minimum Gasteiger partial charge on any atom is -0.478 e. The van der Waals surface area contributed by atoms with E-state index >= 15 is 4.39 Å². The summed E-state index contributed by atoms with van der Waals surface area (Å²) in [6.45, 7) is 6.31. The molecule has 19 nitrogen and oxygen atoms in total. The first-order valence-electron chi connectivity index (χ1n) is 13.4. The van der Waals surface area contributed by atoms with Crippen molar-refractivity contribution in [3.05, 3.63) is 11.8 Å². The Morgan fingerprint density at radius 2 is 1.39 bits per heavy atom. The first kappa shape index (κ1) is 39.3. The molecule has 0 spiro atoms. The molecule has 0 aliphatic carbocycles. The van der Waals surface area contributed by atoms with Gasteiger partial charge in [0.2, 0.25) is 25.3 Å². The number of nitrogens with one attached hydrogen (secondary N) is 3. The number of carbonyl (C=O) groups excluding carboxylic acids is 5. The highest BCUT2D eigenvalue weighted by Crippen LogP contribution is 2.26. The second kappa shape index (κ2) is 17.1. The highest BCUT2D eigenvalue weighted by molar-refractivity contribution is 6.01. The van der Waals surface area contributed by atoms with E-state index in [4.69, 9.17) is 23.7 Å². The van der Waals surface area contributed by atoms with Crippen molar-refractivity contribution < 1.29 is 76.9 Å². The SMILES string of the molecule is COC(=O)N[C@H]1[C@@H](C(F)[C@H](O)CO)OC(C(=O)O)=C[C@H]1N=C(NC(=O)OCOC(=O)C(C)(C)C)NC(=O)OCOC(=O)C(C)(C)C. The summed E-state index contributed by atoms with van der Waals surface area (Å²) in [5.74, 6) is -5.00. The van der Waals surface area contributed by atoms with Crippen molar-refractivity contribution in [3.63, 3.8) is 0 Å². The molecule has 0 saturated carbocycles. The molecule has 1 heterocycles. The second-order valence-corrected chi connectivity index (χ2v) is 11.5. The molecule has 46 heavy (non-hydrogen) atoms. The van der Waals surface area contributed by atoms with E-state index < -0.39 is 109 Å². The van der Waals surface area contributed by atoms with Crippen LogP contribution in [0.1, 0.15) is 41.5 Å². The average Bonchev–Trinajstić information content (AvgIpc) is 2.95. The Hall–Kier alpha value is -4.72. The van der Waals surface area contributed by atoms with Crippen LogP contribution in [0.2, 0.25) is 0 Å². The fraction of sp³-hybridized carbons (Fsp3) is 0.654. The summed E-state index contributed by atoms with van der Waals surface area (Å²) in [5, 5.41) is 34.8. The zero-order valence-electron chi connectivity index (χ0n) is 26.2. The number of carbonyl (C=O) groups is 6. The van der Waals surface area contributed by atoms with Crippen molar-refractivity contribution in [1.29, 1.82) is 0 Å². The monoisotopic (exact) mass is 666 g/mol. The summed E-state index contributed by atoms with van der Waals surface area (Å²) < 4.78 is 44.0. The molecule has 0 saturated heterocycles. The lowest BCUT2D eigenvalue weighted by molar-refractivity contribution is -0.162. The molecule has 1 aliphatic rings. The maximum absolute atomic E-state index is 15.2. The molecule has 5 atom stereocenters. The molecule has 0 aromatic rings. The molecule has 6 N–H and O–H groups in total. The minimum atomic E-state index is -2.53. The maximum Gasteiger partial charge on any atom is 0.416 e. The number of hydrogen-bond donors (Lipinski definition) is 6. The van der Waals surface area contributed by atoms with E-state index in [0.29, 0.717) is 0 Å². The van der Waals surface area contributed by atoms with Gasteiger partial charge in [-0.1, -0.05) is 0 Å². The molecule has 1 rings (SSSR count). The number of nitrogens with zero attached hydrogens (tertiary/aromatic N) is 1. The number of esters is 2. The molecule has 3 amide bonds. The Kier molecular flexibility index (Phi) is 14.6. The Morgan fingerprint density at radius 3 is 1.78 bits per heavy atom. The molecule has 0 radical (unpaired) electrons. The number of aliphatic hydroxyl groups is 2. The molecule has 260 valence electrons. The van der Waals surface area contributed by atoms with E-state index in [-0.39, 0.29) is 0 Å². The zero-order valence-corrected chi connectivity index (χ0v) is 26.2. The van der Waals surface area contributed by atoms with Crippen molar-refractivity contribution in [1.82, 2.24) is 16.0 Å². The summed E-state index contributed by atoms with van der Waals surface area (Å²) in [6, 6.07) is -3.42. The Bertz CT molecular complexity index is 1150. The number of aliphatic hydroxyl groups excluding tert-OH is 2. The number of rotatable bonds is 10. The number of amides is 3. The van der Waals surface area contributed by atoms with Gasteiger partial charge in [0.05, 0.1) is 36.6 Å². The fourth-order valence-corrected chi connectivity index (χ4v) is 3.11. The van der Waals surface area contributed by atoms with Gasteiger partial charge in [-0.3, -0.25) is 20.2 Å². The predicted octanol–water partition coefficient (Wildman–Crippen LogP) is 0.0402. The van der Waals surface area contributed by atoms with Crippen molar-refractivity contribution in [2.45, 2.75) is 72.0 Å². The number of aliphatic carboxylic acids is 1. The van der Waals surface area contributed by atoms with Crippen LogP contribution < -0.4 is 16.0 Å². The largest absolute Gasteiger partial charge is 0.478 e. The van der Waals surface area contributed by atoms with Crippen molar-refractivity contribution >= 4 is 42.1 Å². The number of guanidine groups is 1. The van der Waals surface area contributed by atoms with Crippen LogP contribution in [-0.2, 0) is 42.8 Å². The second-order valence-electron chi connectivity index (χ2n) is 11.5. The van der Waals surface area contributed by atoms with Crippen LogP contribution in [0.3, 0.4) is 0 Å². The molecule has 0 bridgehead atoms. The first-order chi connectivity index (χ1) is 21.2. The highest BCUT2D eigenvalue weighted by Gasteiger charge is 2.45. The minimum absolute atomic E-state index is 0.733. The molecular formula is C26H39FN4O15. The molecule has 0 fully saturated rings. The van der Waals surface area contributed by atoms with Crippen LogP contribution >= 0.6 is 0 Å². The summed E-state index contributed by atoms with van der Waals surface area (Å²) >= 11 is 0. The Balaban J connectivity index is 3.45. The Labute approximate surface area is 262 Å². The first-order valence-corrected chi connectivity index (χ1v) is 13.4. The molecule has 1 unspecified atom stereocenters. The van der Waals surface area contributed by atoms with Gasteiger partial charge in [0.25, 0.3) is 0 Å². The van der Waals surface area contributed by atoms with Gasteiger partial charge < -0.3 is 49.1 Å². The summed E-state index contributed by atoms with van der Waals surface area (Å²) in [5.41, 5.74) is -1.89. The number of hydrogen-bond acceptors (Lipinski definition) is 15. The van der Waals surface area contributed by atoms with Crippen molar-refractivity contribution in [2.75, 3.05) is 27.3 Å². The number of aliphatic imine (C=N–C) groups is 1. The van der Waals surface area contributed by atoms with E-state index in [2.05, 4.69) is 15.0 Å². The van der Waals surface area contributed by atoms with E-state index in [1.807, 2.05) is 10.6 Å². The van der Waals surface area contributed by atoms with Gasteiger partial charge in [-0.15, -0.1) is 0 Å². The van der Waals surface area contributed by atoms with Gasteiger partial charge in [0.15, 0.2) is 12.3 Å². The van der Waals surface area contributed by atoms with Gasteiger partial charge in [0.1, 0.15) is 6.10 Å². The number of alkyl halides is 1. The third-order valence-electron chi connectivity index (χ3n) is 5.56. The van der Waals surface area contributed by atoms with E-state index in [1.54, 1.807) is 0 Å². The van der Waals surface area contributed by atoms with Crippen LogP contribution in [0.25, 0.3) is 0 Å². The average molecular weight is 667 g/mol. The lowest BCUT2D eigenvalue weighted by atomic mass is 9.93. The lowest BCUT2D eigenvalue weighted by Crippen LogP contribution is -2.59. The molecule has 1 aliphatic heterocycles. The van der Waals surface area contributed by atoms with Crippen molar-refractivity contribution in [2.24, 2.45) is 15.8 Å². The fourth-order valence-electron chi connectivity index (χ4n) is 3.11. The highest BCUT2D eigenvalue weighted by atomic mass is 19.1. The standard InChI is InChI=1S/C26H39FN4O15/c1-25(2,3)19(36)42-10-44-23(39)30-21(31-24(40)45-11-43-20(37)26(4,5)6)28-12-8-14(18(34)35)46-17(15(27)13(33)9-32)16(12)29-22(38)41-7/h8,12-13,15-17,32-33H,9-11H2,1-7H3,(H,29,38)(H,34,35)(H2,28,30,31,39,40)/t12-,13-,15?,16-,17-/m1/s1. The summed E-state index contributed by atoms with van der Waals surface area (Å²) in [4.78, 5) is 76.7. The normalized spacial score (nSPS) is 19.0. The third-order valence-corrected chi connectivity index (χ3v) is 5.56. The predicted molar refractivity (Wildman–Crippen MR) is 149 cm³/mol. The van der Waals surface area contributed by atoms with Gasteiger partial charge in [-0.05, 0) is 47.6 Å².